The standard InChI is InChI=1S/C17H22N4S.HI/c1-18-17(20-12-10-15-7-5-6-11-19-15)21-13-14-22-16-8-3-2-4-9-16;/h2-9,11H,10,12-14H2,1H3,(H2,18,20,21);1H. The van der Waals surface area contributed by atoms with Gasteiger partial charge in [0.2, 0.25) is 0 Å². The molecule has 0 fully saturated rings. The molecule has 2 aromatic rings. The van der Waals surface area contributed by atoms with Crippen LogP contribution < -0.4 is 10.6 Å². The van der Waals surface area contributed by atoms with Crippen LogP contribution in [-0.2, 0) is 6.42 Å². The van der Waals surface area contributed by atoms with E-state index < -0.39 is 0 Å². The van der Waals surface area contributed by atoms with E-state index in [4.69, 9.17) is 0 Å². The minimum atomic E-state index is 0. The van der Waals surface area contributed by atoms with E-state index in [2.05, 4.69) is 44.9 Å². The Bertz CT molecular complexity index is 563. The van der Waals surface area contributed by atoms with Gasteiger partial charge < -0.3 is 10.6 Å². The van der Waals surface area contributed by atoms with Crippen LogP contribution in [0.1, 0.15) is 5.69 Å². The van der Waals surface area contributed by atoms with Crippen molar-refractivity contribution in [3.8, 4) is 0 Å². The third kappa shape index (κ3) is 8.22. The summed E-state index contributed by atoms with van der Waals surface area (Å²) in [6, 6.07) is 16.4. The lowest BCUT2D eigenvalue weighted by molar-refractivity contribution is 0.798. The van der Waals surface area contributed by atoms with Crippen LogP contribution in [0.4, 0.5) is 0 Å². The number of aromatic nitrogens is 1. The first-order valence-electron chi connectivity index (χ1n) is 7.41. The lowest BCUT2D eigenvalue weighted by Gasteiger charge is -2.11. The van der Waals surface area contributed by atoms with Gasteiger partial charge in [0, 0.05) is 49.1 Å². The van der Waals surface area contributed by atoms with E-state index in [0.29, 0.717) is 0 Å². The van der Waals surface area contributed by atoms with Gasteiger partial charge in [0.25, 0.3) is 0 Å². The van der Waals surface area contributed by atoms with Crippen LogP contribution in [0.3, 0.4) is 0 Å². The maximum atomic E-state index is 4.31. The summed E-state index contributed by atoms with van der Waals surface area (Å²) in [7, 11) is 1.79. The third-order valence-electron chi connectivity index (χ3n) is 3.03. The number of pyridine rings is 1. The SMILES string of the molecule is CN=C(NCCSc1ccccc1)NCCc1ccccn1.I. The molecule has 23 heavy (non-hydrogen) atoms. The highest BCUT2D eigenvalue weighted by molar-refractivity contribution is 14.0. The molecule has 124 valence electrons. The van der Waals surface area contributed by atoms with Gasteiger partial charge >= 0.3 is 0 Å². The molecule has 0 radical (unpaired) electrons. The van der Waals surface area contributed by atoms with Crippen molar-refractivity contribution < 1.29 is 0 Å². The Morgan fingerprint density at radius 1 is 1.04 bits per heavy atom. The average Bonchev–Trinajstić information content (AvgIpc) is 2.59. The van der Waals surface area contributed by atoms with E-state index >= 15 is 0 Å². The van der Waals surface area contributed by atoms with Crippen LogP contribution in [0.15, 0.2) is 64.6 Å². The predicted octanol–water partition coefficient (Wildman–Crippen LogP) is 3.20. The quantitative estimate of drug-likeness (QED) is 0.227. The number of halogens is 1. The number of hydrogen-bond donors (Lipinski definition) is 2. The Hall–Kier alpha value is -1.28. The summed E-state index contributed by atoms with van der Waals surface area (Å²) in [5.74, 6) is 1.84. The lowest BCUT2D eigenvalue weighted by atomic mass is 10.3. The van der Waals surface area contributed by atoms with E-state index in [1.807, 2.05) is 42.2 Å². The lowest BCUT2D eigenvalue weighted by Crippen LogP contribution is -2.39. The van der Waals surface area contributed by atoms with Gasteiger partial charge in [0.15, 0.2) is 5.96 Å². The first-order valence-corrected chi connectivity index (χ1v) is 8.39. The Morgan fingerprint density at radius 3 is 2.48 bits per heavy atom. The molecular formula is C17H23IN4S. The van der Waals surface area contributed by atoms with Crippen LogP contribution in [0.2, 0.25) is 0 Å². The Balaban J connectivity index is 0.00000264. The molecule has 0 bridgehead atoms. The van der Waals surface area contributed by atoms with Gasteiger partial charge in [-0.25, -0.2) is 0 Å². The molecule has 0 spiro atoms. The van der Waals surface area contributed by atoms with Crippen molar-refractivity contribution in [2.45, 2.75) is 11.3 Å². The van der Waals surface area contributed by atoms with Crippen LogP contribution in [0, 0.1) is 0 Å². The van der Waals surface area contributed by atoms with Crippen molar-refractivity contribution in [3.63, 3.8) is 0 Å². The second kappa shape index (κ2) is 12.2. The molecule has 2 N–H and O–H groups in total. The molecule has 1 aromatic carbocycles. The van der Waals surface area contributed by atoms with Crippen molar-refractivity contribution in [1.82, 2.24) is 15.6 Å². The largest absolute Gasteiger partial charge is 0.356 e. The molecule has 0 amide bonds. The van der Waals surface area contributed by atoms with E-state index in [0.717, 1.165) is 36.9 Å². The Labute approximate surface area is 159 Å². The van der Waals surface area contributed by atoms with Gasteiger partial charge in [0.05, 0.1) is 0 Å². The Kier molecular flexibility index (Phi) is 10.5. The first kappa shape index (κ1) is 19.8. The fourth-order valence-electron chi connectivity index (χ4n) is 1.93. The third-order valence-corrected chi connectivity index (χ3v) is 4.04. The molecule has 2 rings (SSSR count). The minimum absolute atomic E-state index is 0. The number of nitrogens with one attached hydrogen (secondary N) is 2. The summed E-state index contributed by atoms with van der Waals surface area (Å²) in [5, 5.41) is 6.63. The first-order chi connectivity index (χ1) is 10.9. The second-order valence-corrected chi connectivity index (χ2v) is 5.83. The molecule has 1 heterocycles. The summed E-state index contributed by atoms with van der Waals surface area (Å²) >= 11 is 1.84. The molecule has 6 heteroatoms. The monoisotopic (exact) mass is 442 g/mol. The van der Waals surface area contributed by atoms with Gasteiger partial charge in [-0.05, 0) is 24.3 Å². The van der Waals surface area contributed by atoms with E-state index in [-0.39, 0.29) is 24.0 Å². The topological polar surface area (TPSA) is 49.3 Å². The van der Waals surface area contributed by atoms with Crippen molar-refractivity contribution in [2.75, 3.05) is 25.9 Å². The van der Waals surface area contributed by atoms with E-state index in [1.54, 1.807) is 7.05 Å². The van der Waals surface area contributed by atoms with E-state index in [9.17, 15) is 0 Å². The predicted molar refractivity (Wildman–Crippen MR) is 110 cm³/mol. The molecule has 0 atom stereocenters. The molecule has 1 aromatic heterocycles. The van der Waals surface area contributed by atoms with Crippen molar-refractivity contribution >= 4 is 41.7 Å². The fraction of sp³-hybridized carbons (Fsp3) is 0.294. The van der Waals surface area contributed by atoms with Crippen LogP contribution in [-0.4, -0.2) is 36.8 Å². The number of benzene rings is 1. The number of nitrogens with zero attached hydrogens (tertiary/aromatic N) is 2. The summed E-state index contributed by atoms with van der Waals surface area (Å²) in [6.07, 6.45) is 2.71. The number of aliphatic imine (C=N–C) groups is 1. The molecule has 0 unspecified atom stereocenters. The van der Waals surface area contributed by atoms with Gasteiger partial charge in [-0.1, -0.05) is 24.3 Å². The summed E-state index contributed by atoms with van der Waals surface area (Å²) < 4.78 is 0. The van der Waals surface area contributed by atoms with Crippen LogP contribution >= 0.6 is 35.7 Å². The summed E-state index contributed by atoms with van der Waals surface area (Å²) in [6.45, 7) is 1.70. The number of guanidine groups is 1. The molecule has 0 saturated heterocycles. The molecule has 0 aliphatic rings. The molecular weight excluding hydrogens is 419 g/mol. The average molecular weight is 442 g/mol. The fourth-order valence-corrected chi connectivity index (χ4v) is 2.72. The van der Waals surface area contributed by atoms with Crippen LogP contribution in [0.25, 0.3) is 0 Å². The minimum Gasteiger partial charge on any atom is -0.356 e. The zero-order valence-electron chi connectivity index (χ0n) is 13.2. The zero-order chi connectivity index (χ0) is 15.5. The molecule has 0 saturated carbocycles. The number of hydrogen-bond acceptors (Lipinski definition) is 3. The van der Waals surface area contributed by atoms with Gasteiger partial charge in [-0.2, -0.15) is 0 Å². The zero-order valence-corrected chi connectivity index (χ0v) is 16.4. The molecule has 0 aliphatic carbocycles. The highest BCUT2D eigenvalue weighted by Gasteiger charge is 1.98. The molecule has 4 nitrogen and oxygen atoms in total. The smallest absolute Gasteiger partial charge is 0.191 e. The highest BCUT2D eigenvalue weighted by Crippen LogP contribution is 2.15. The van der Waals surface area contributed by atoms with Crippen molar-refractivity contribution in [1.29, 1.82) is 0 Å². The Morgan fingerprint density at radius 2 is 1.78 bits per heavy atom. The van der Waals surface area contributed by atoms with Crippen LogP contribution in [0.5, 0.6) is 0 Å². The number of thioether (sulfide) groups is 1. The highest BCUT2D eigenvalue weighted by atomic mass is 127. The van der Waals surface area contributed by atoms with Gasteiger partial charge in [0.1, 0.15) is 0 Å². The maximum Gasteiger partial charge on any atom is 0.191 e. The normalized spacial score (nSPS) is 10.7. The summed E-state index contributed by atoms with van der Waals surface area (Å²) in [4.78, 5) is 9.83. The maximum absolute atomic E-state index is 4.31. The van der Waals surface area contributed by atoms with Gasteiger partial charge in [-0.15, -0.1) is 35.7 Å². The van der Waals surface area contributed by atoms with E-state index in [1.165, 1.54) is 4.90 Å². The second-order valence-electron chi connectivity index (χ2n) is 4.66. The van der Waals surface area contributed by atoms with Gasteiger partial charge in [-0.3, -0.25) is 9.98 Å². The van der Waals surface area contributed by atoms with Crippen molar-refractivity contribution in [2.24, 2.45) is 4.99 Å². The summed E-state index contributed by atoms with van der Waals surface area (Å²) in [5.41, 5.74) is 1.09. The number of rotatable bonds is 7. The van der Waals surface area contributed by atoms with Crippen molar-refractivity contribution in [3.05, 3.63) is 60.4 Å². The molecule has 0 aliphatic heterocycles.